The van der Waals surface area contributed by atoms with Gasteiger partial charge in [0, 0.05) is 25.8 Å². The highest BCUT2D eigenvalue weighted by atomic mass is 16.4. The van der Waals surface area contributed by atoms with Gasteiger partial charge < -0.3 is 14.9 Å². The fourth-order valence-electron chi connectivity index (χ4n) is 2.66. The molecule has 1 aliphatic heterocycles. The number of aromatic carboxylic acids is 1. The zero-order valence-corrected chi connectivity index (χ0v) is 11.5. The van der Waals surface area contributed by atoms with Crippen molar-refractivity contribution in [2.24, 2.45) is 5.92 Å². The van der Waals surface area contributed by atoms with Gasteiger partial charge in [-0.1, -0.05) is 0 Å². The van der Waals surface area contributed by atoms with E-state index in [0.29, 0.717) is 17.3 Å². The first-order chi connectivity index (χ1) is 9.08. The number of rotatable bonds is 4. The van der Waals surface area contributed by atoms with E-state index in [4.69, 9.17) is 0 Å². The number of hydrogen-bond donors (Lipinski definition) is 1. The molecule has 2 heterocycles. The van der Waals surface area contributed by atoms with E-state index in [1.165, 1.54) is 0 Å². The molecule has 0 bridgehead atoms. The summed E-state index contributed by atoms with van der Waals surface area (Å²) in [6.07, 6.45) is 3.84. The Morgan fingerprint density at radius 3 is 2.74 bits per heavy atom. The molecule has 19 heavy (non-hydrogen) atoms. The Labute approximate surface area is 113 Å². The number of pyridine rings is 1. The van der Waals surface area contributed by atoms with E-state index in [0.717, 1.165) is 32.5 Å². The first kappa shape index (κ1) is 13.8. The normalized spacial score (nSPS) is 16.9. The molecule has 0 aliphatic carbocycles. The van der Waals surface area contributed by atoms with Crippen molar-refractivity contribution in [2.45, 2.75) is 12.8 Å². The Morgan fingerprint density at radius 2 is 2.16 bits per heavy atom. The van der Waals surface area contributed by atoms with Crippen LogP contribution in [0.4, 0.5) is 5.82 Å². The van der Waals surface area contributed by atoms with E-state index in [1.807, 2.05) is 0 Å². The fraction of sp³-hybridized carbons (Fsp3) is 0.571. The zero-order valence-electron chi connectivity index (χ0n) is 11.5. The Bertz CT molecular complexity index is 440. The van der Waals surface area contributed by atoms with Crippen molar-refractivity contribution in [1.82, 2.24) is 9.88 Å². The summed E-state index contributed by atoms with van der Waals surface area (Å²) in [4.78, 5) is 19.8. The molecule has 1 fully saturated rings. The van der Waals surface area contributed by atoms with Gasteiger partial charge in [0.05, 0.1) is 0 Å². The van der Waals surface area contributed by atoms with E-state index in [-0.39, 0.29) is 0 Å². The van der Waals surface area contributed by atoms with Crippen LogP contribution < -0.4 is 4.90 Å². The highest BCUT2D eigenvalue weighted by Crippen LogP contribution is 2.24. The molecule has 5 nitrogen and oxygen atoms in total. The summed E-state index contributed by atoms with van der Waals surface area (Å²) in [7, 11) is 4.18. The average Bonchev–Trinajstić information content (AvgIpc) is 2.39. The molecule has 0 radical (unpaired) electrons. The number of aromatic nitrogens is 1. The summed E-state index contributed by atoms with van der Waals surface area (Å²) in [6.45, 7) is 2.87. The Hall–Kier alpha value is -1.62. The molecular weight excluding hydrogens is 242 g/mol. The molecule has 104 valence electrons. The molecule has 0 amide bonds. The predicted octanol–water partition coefficient (Wildman–Crippen LogP) is 1.56. The third kappa shape index (κ3) is 3.44. The van der Waals surface area contributed by atoms with Crippen LogP contribution in [0.1, 0.15) is 23.2 Å². The van der Waals surface area contributed by atoms with Crippen molar-refractivity contribution in [3.05, 3.63) is 23.9 Å². The van der Waals surface area contributed by atoms with Crippen molar-refractivity contribution in [3.63, 3.8) is 0 Å². The summed E-state index contributed by atoms with van der Waals surface area (Å²) in [5.74, 6) is 0.403. The second-order valence-corrected chi connectivity index (χ2v) is 5.37. The molecule has 0 unspecified atom stereocenters. The van der Waals surface area contributed by atoms with E-state index in [2.05, 4.69) is 28.9 Å². The summed E-state index contributed by atoms with van der Waals surface area (Å²) in [5, 5.41) is 9.19. The smallest absolute Gasteiger partial charge is 0.339 e. The summed E-state index contributed by atoms with van der Waals surface area (Å²) < 4.78 is 0. The van der Waals surface area contributed by atoms with Crippen LogP contribution in [-0.4, -0.2) is 54.7 Å². The number of carbonyl (C=O) groups is 1. The number of nitrogens with zero attached hydrogens (tertiary/aromatic N) is 3. The Balaban J connectivity index is 2.04. The van der Waals surface area contributed by atoms with Crippen molar-refractivity contribution in [1.29, 1.82) is 0 Å². The lowest BCUT2D eigenvalue weighted by atomic mass is 9.96. The molecule has 1 aromatic heterocycles. The number of anilines is 1. The maximum Gasteiger partial charge on any atom is 0.339 e. The third-order valence-electron chi connectivity index (χ3n) is 3.55. The van der Waals surface area contributed by atoms with E-state index in [9.17, 15) is 9.90 Å². The molecule has 1 aliphatic rings. The van der Waals surface area contributed by atoms with E-state index < -0.39 is 5.97 Å². The van der Waals surface area contributed by atoms with Crippen molar-refractivity contribution >= 4 is 11.8 Å². The van der Waals surface area contributed by atoms with Gasteiger partial charge in [0.15, 0.2) is 0 Å². The van der Waals surface area contributed by atoms with Crippen LogP contribution >= 0.6 is 0 Å². The summed E-state index contributed by atoms with van der Waals surface area (Å²) >= 11 is 0. The molecule has 1 saturated heterocycles. The minimum absolute atomic E-state index is 0.300. The van der Waals surface area contributed by atoms with Crippen molar-refractivity contribution in [3.8, 4) is 0 Å². The van der Waals surface area contributed by atoms with Gasteiger partial charge in [-0.05, 0) is 45.0 Å². The Morgan fingerprint density at radius 1 is 1.47 bits per heavy atom. The molecule has 0 saturated carbocycles. The van der Waals surface area contributed by atoms with Gasteiger partial charge in [-0.15, -0.1) is 0 Å². The van der Waals surface area contributed by atoms with E-state index >= 15 is 0 Å². The zero-order chi connectivity index (χ0) is 13.8. The van der Waals surface area contributed by atoms with Crippen molar-refractivity contribution in [2.75, 3.05) is 38.6 Å². The van der Waals surface area contributed by atoms with Crippen LogP contribution in [0, 0.1) is 5.92 Å². The molecule has 1 aromatic rings. The maximum absolute atomic E-state index is 11.2. The third-order valence-corrected chi connectivity index (χ3v) is 3.55. The van der Waals surface area contributed by atoms with Crippen LogP contribution in [-0.2, 0) is 0 Å². The highest BCUT2D eigenvalue weighted by molar-refractivity contribution is 5.93. The number of hydrogen-bond acceptors (Lipinski definition) is 4. The first-order valence-corrected chi connectivity index (χ1v) is 6.66. The molecule has 5 heteroatoms. The van der Waals surface area contributed by atoms with Gasteiger partial charge in [-0.3, -0.25) is 0 Å². The largest absolute Gasteiger partial charge is 0.478 e. The first-order valence-electron chi connectivity index (χ1n) is 6.66. The summed E-state index contributed by atoms with van der Waals surface area (Å²) in [5.41, 5.74) is 0.300. The molecule has 2 rings (SSSR count). The second kappa shape index (κ2) is 6.02. The van der Waals surface area contributed by atoms with Crippen LogP contribution in [0.3, 0.4) is 0 Å². The lowest BCUT2D eigenvalue weighted by molar-refractivity contribution is 0.0697. The fourth-order valence-corrected chi connectivity index (χ4v) is 2.66. The lowest BCUT2D eigenvalue weighted by Gasteiger charge is -2.34. The van der Waals surface area contributed by atoms with Gasteiger partial charge in [0.2, 0.25) is 0 Å². The van der Waals surface area contributed by atoms with Gasteiger partial charge in [-0.25, -0.2) is 9.78 Å². The number of carboxylic acids is 1. The molecular formula is C14H21N3O2. The standard InChI is InChI=1S/C14H21N3O2/c1-16(2)10-11-5-8-17(9-6-11)13-12(14(18)19)4-3-7-15-13/h3-4,7,11H,5-6,8-10H2,1-2H3,(H,18,19). The Kier molecular flexibility index (Phi) is 4.37. The van der Waals surface area contributed by atoms with Crippen LogP contribution in [0.5, 0.6) is 0 Å². The van der Waals surface area contributed by atoms with Crippen molar-refractivity contribution < 1.29 is 9.90 Å². The molecule has 1 N–H and O–H groups in total. The van der Waals surface area contributed by atoms with Gasteiger partial charge in [-0.2, -0.15) is 0 Å². The van der Waals surface area contributed by atoms with Gasteiger partial charge in [0.1, 0.15) is 11.4 Å². The lowest BCUT2D eigenvalue weighted by Crippen LogP contribution is -2.38. The number of piperidine rings is 1. The summed E-state index contributed by atoms with van der Waals surface area (Å²) in [6, 6.07) is 3.29. The predicted molar refractivity (Wildman–Crippen MR) is 74.7 cm³/mol. The monoisotopic (exact) mass is 263 g/mol. The SMILES string of the molecule is CN(C)CC1CCN(c2ncccc2C(=O)O)CC1. The quantitative estimate of drug-likeness (QED) is 0.893. The average molecular weight is 263 g/mol. The number of carboxylic acid groups (broad SMARTS) is 1. The van der Waals surface area contributed by atoms with Gasteiger partial charge >= 0.3 is 5.97 Å². The second-order valence-electron chi connectivity index (χ2n) is 5.37. The molecule has 0 atom stereocenters. The van der Waals surface area contributed by atoms with Gasteiger partial charge in [0.25, 0.3) is 0 Å². The van der Waals surface area contributed by atoms with E-state index in [1.54, 1.807) is 18.3 Å². The van der Waals surface area contributed by atoms with Crippen LogP contribution in [0.2, 0.25) is 0 Å². The molecule has 0 aromatic carbocycles. The van der Waals surface area contributed by atoms with Crippen LogP contribution in [0.15, 0.2) is 18.3 Å². The minimum atomic E-state index is -0.904. The molecule has 0 spiro atoms. The van der Waals surface area contributed by atoms with Crippen LogP contribution in [0.25, 0.3) is 0 Å². The highest BCUT2D eigenvalue weighted by Gasteiger charge is 2.23. The minimum Gasteiger partial charge on any atom is -0.478 e. The topological polar surface area (TPSA) is 56.7 Å². The maximum atomic E-state index is 11.2.